The second-order valence-electron chi connectivity index (χ2n) is 7.19. The Labute approximate surface area is 168 Å². The Bertz CT molecular complexity index is 416. The zero-order valence-corrected chi connectivity index (χ0v) is 18.5. The number of unbranched alkanes of at least 4 members (excludes halogenated alkanes) is 13. The lowest BCUT2D eigenvalue weighted by molar-refractivity contribution is 0.0991. The Hall–Kier alpha value is -0.150. The predicted octanol–water partition coefficient (Wildman–Crippen LogP) is 8.57. The molecule has 1 nitrogen and oxygen atoms in total. The van der Waals surface area contributed by atoms with Gasteiger partial charge in [-0.05, 0) is 17.9 Å². The molecular weight excluding hydrogens is 392 g/mol. The summed E-state index contributed by atoms with van der Waals surface area (Å²) in [5.74, 6) is 0.254. The van der Waals surface area contributed by atoms with Crippen molar-refractivity contribution in [3.8, 4) is 0 Å². The van der Waals surface area contributed by atoms with Crippen molar-refractivity contribution in [3.05, 3.63) is 22.4 Å². The second kappa shape index (κ2) is 16.1. The summed E-state index contributed by atoms with van der Waals surface area (Å²) in [6.07, 6.45) is 20.3. The van der Waals surface area contributed by atoms with E-state index in [0.29, 0.717) is 0 Å². The number of thiophene rings is 1. The maximum absolute atomic E-state index is 12.1. The molecule has 3 heteroatoms. The number of carbonyl (C=O) groups is 1. The van der Waals surface area contributed by atoms with Crippen molar-refractivity contribution in [2.45, 2.75) is 108 Å². The highest BCUT2D eigenvalue weighted by molar-refractivity contribution is 9.10. The van der Waals surface area contributed by atoms with Gasteiger partial charge in [0.05, 0.1) is 9.70 Å². The first-order chi connectivity index (χ1) is 12.3. The fraction of sp³-hybridized carbons (Fsp3) is 0.773. The molecule has 0 saturated carbocycles. The van der Waals surface area contributed by atoms with E-state index >= 15 is 0 Å². The first kappa shape index (κ1) is 22.9. The molecule has 1 heterocycles. The van der Waals surface area contributed by atoms with Crippen LogP contribution in [0.2, 0.25) is 0 Å². The van der Waals surface area contributed by atoms with Gasteiger partial charge in [0.15, 0.2) is 5.78 Å². The highest BCUT2D eigenvalue weighted by Crippen LogP contribution is 2.20. The molecule has 1 aromatic rings. The molecule has 0 saturated heterocycles. The molecule has 0 spiro atoms. The molecule has 0 fully saturated rings. The van der Waals surface area contributed by atoms with E-state index in [1.165, 1.54) is 83.5 Å². The van der Waals surface area contributed by atoms with Gasteiger partial charge in [-0.2, -0.15) is 0 Å². The molecule has 144 valence electrons. The molecule has 1 unspecified atom stereocenters. The molecule has 0 amide bonds. The highest BCUT2D eigenvalue weighted by atomic mass is 79.9. The van der Waals surface area contributed by atoms with Crippen LogP contribution in [0.1, 0.15) is 113 Å². The molecule has 25 heavy (non-hydrogen) atoms. The summed E-state index contributed by atoms with van der Waals surface area (Å²) in [7, 11) is 0. The largest absolute Gasteiger partial charge is 0.292 e. The van der Waals surface area contributed by atoms with Gasteiger partial charge >= 0.3 is 0 Å². The van der Waals surface area contributed by atoms with Gasteiger partial charge in [-0.3, -0.25) is 4.79 Å². The number of rotatable bonds is 17. The molecule has 1 aromatic heterocycles. The average molecular weight is 430 g/mol. The van der Waals surface area contributed by atoms with E-state index in [-0.39, 0.29) is 10.6 Å². The summed E-state index contributed by atoms with van der Waals surface area (Å²) in [4.78, 5) is 13.0. The number of hydrogen-bond acceptors (Lipinski definition) is 2. The molecule has 0 aliphatic rings. The van der Waals surface area contributed by atoms with Gasteiger partial charge in [0, 0.05) is 0 Å². The third-order valence-corrected chi connectivity index (χ3v) is 6.62. The van der Waals surface area contributed by atoms with Gasteiger partial charge in [-0.1, -0.05) is 119 Å². The third-order valence-electron chi connectivity index (χ3n) is 4.86. The molecule has 0 bridgehead atoms. The van der Waals surface area contributed by atoms with Crippen molar-refractivity contribution in [2.24, 2.45) is 0 Å². The molecule has 0 N–H and O–H groups in total. The maximum Gasteiger partial charge on any atom is 0.186 e. The van der Waals surface area contributed by atoms with Crippen LogP contribution in [0.15, 0.2) is 17.5 Å². The highest BCUT2D eigenvalue weighted by Gasteiger charge is 2.16. The number of ketones is 1. The SMILES string of the molecule is CCCCCCCCCCCCCCCCC(Br)C(=O)c1cccs1. The van der Waals surface area contributed by atoms with Crippen molar-refractivity contribution in [1.82, 2.24) is 0 Å². The summed E-state index contributed by atoms with van der Waals surface area (Å²) >= 11 is 5.10. The summed E-state index contributed by atoms with van der Waals surface area (Å²) in [5.41, 5.74) is 0. The smallest absolute Gasteiger partial charge is 0.186 e. The minimum absolute atomic E-state index is 0.00322. The monoisotopic (exact) mass is 428 g/mol. The molecular formula is C22H37BrOS. The minimum Gasteiger partial charge on any atom is -0.292 e. The lowest BCUT2D eigenvalue weighted by Crippen LogP contribution is -2.12. The van der Waals surface area contributed by atoms with E-state index in [1.807, 2.05) is 17.5 Å². The summed E-state index contributed by atoms with van der Waals surface area (Å²) in [5, 5.41) is 1.97. The van der Waals surface area contributed by atoms with E-state index in [0.717, 1.165) is 17.7 Å². The fourth-order valence-electron chi connectivity index (χ4n) is 3.22. The van der Waals surface area contributed by atoms with E-state index in [2.05, 4.69) is 22.9 Å². The lowest BCUT2D eigenvalue weighted by atomic mass is 10.0. The first-order valence-electron chi connectivity index (χ1n) is 10.5. The molecule has 0 aliphatic heterocycles. The van der Waals surface area contributed by atoms with Gasteiger partial charge in [-0.15, -0.1) is 11.3 Å². The number of alkyl halides is 1. The average Bonchev–Trinajstić information content (AvgIpc) is 3.15. The van der Waals surface area contributed by atoms with Crippen LogP contribution in [0.25, 0.3) is 0 Å². The molecule has 1 atom stereocenters. The molecule has 1 rings (SSSR count). The first-order valence-corrected chi connectivity index (χ1v) is 12.3. The van der Waals surface area contributed by atoms with Crippen LogP contribution < -0.4 is 0 Å². The van der Waals surface area contributed by atoms with Gasteiger partial charge in [0.2, 0.25) is 0 Å². The summed E-state index contributed by atoms with van der Waals surface area (Å²) in [6, 6.07) is 3.87. The normalized spacial score (nSPS) is 12.4. The van der Waals surface area contributed by atoms with Crippen LogP contribution in [-0.4, -0.2) is 10.6 Å². The zero-order chi connectivity index (χ0) is 18.2. The maximum atomic E-state index is 12.1. The number of halogens is 1. The number of hydrogen-bond donors (Lipinski definition) is 0. The van der Waals surface area contributed by atoms with Crippen LogP contribution in [0.3, 0.4) is 0 Å². The van der Waals surface area contributed by atoms with Gasteiger partial charge in [0.1, 0.15) is 0 Å². The third kappa shape index (κ3) is 12.0. The minimum atomic E-state index is 0.00322. The van der Waals surface area contributed by atoms with Crippen molar-refractivity contribution in [3.63, 3.8) is 0 Å². The van der Waals surface area contributed by atoms with E-state index in [1.54, 1.807) is 11.3 Å². The number of carbonyl (C=O) groups excluding carboxylic acids is 1. The topological polar surface area (TPSA) is 17.1 Å². The Kier molecular flexibility index (Phi) is 14.7. The van der Waals surface area contributed by atoms with Crippen LogP contribution in [0.4, 0.5) is 0 Å². The molecule has 0 radical (unpaired) electrons. The van der Waals surface area contributed by atoms with E-state index < -0.39 is 0 Å². The Morgan fingerprint density at radius 2 is 1.36 bits per heavy atom. The standard InChI is InChI=1S/C22H37BrOS/c1-2-3-4-5-6-7-8-9-10-11-12-13-14-15-17-20(23)22(24)21-18-16-19-25-21/h16,18-20H,2-15,17H2,1H3. The quantitative estimate of drug-likeness (QED) is 0.138. The van der Waals surface area contributed by atoms with Crippen LogP contribution in [-0.2, 0) is 0 Å². The summed E-state index contributed by atoms with van der Waals surface area (Å²) in [6.45, 7) is 2.28. The van der Waals surface area contributed by atoms with E-state index in [9.17, 15) is 4.79 Å². The Balaban J connectivity index is 1.82. The Morgan fingerprint density at radius 1 is 0.880 bits per heavy atom. The van der Waals surface area contributed by atoms with Gasteiger partial charge < -0.3 is 0 Å². The van der Waals surface area contributed by atoms with Gasteiger partial charge in [0.25, 0.3) is 0 Å². The number of Topliss-reactive ketones (excluding diaryl/α,β-unsaturated/α-hetero) is 1. The summed E-state index contributed by atoms with van der Waals surface area (Å²) < 4.78 is 0. The van der Waals surface area contributed by atoms with Crippen molar-refractivity contribution in [2.75, 3.05) is 0 Å². The zero-order valence-electron chi connectivity index (χ0n) is 16.1. The lowest BCUT2D eigenvalue weighted by Gasteiger charge is -2.07. The van der Waals surface area contributed by atoms with Crippen molar-refractivity contribution in [1.29, 1.82) is 0 Å². The van der Waals surface area contributed by atoms with Crippen LogP contribution in [0.5, 0.6) is 0 Å². The Morgan fingerprint density at radius 3 is 1.80 bits per heavy atom. The van der Waals surface area contributed by atoms with Crippen molar-refractivity contribution < 1.29 is 4.79 Å². The van der Waals surface area contributed by atoms with Crippen LogP contribution in [0, 0.1) is 0 Å². The predicted molar refractivity (Wildman–Crippen MR) is 116 cm³/mol. The molecule has 0 aliphatic carbocycles. The second-order valence-corrected chi connectivity index (χ2v) is 9.25. The van der Waals surface area contributed by atoms with Gasteiger partial charge in [-0.25, -0.2) is 0 Å². The van der Waals surface area contributed by atoms with Crippen LogP contribution >= 0.6 is 27.3 Å². The van der Waals surface area contributed by atoms with Crippen molar-refractivity contribution >= 4 is 33.0 Å². The molecule has 0 aromatic carbocycles. The van der Waals surface area contributed by atoms with E-state index in [4.69, 9.17) is 0 Å². The fourth-order valence-corrected chi connectivity index (χ4v) is 4.66.